The van der Waals surface area contributed by atoms with Crippen LogP contribution in [0.1, 0.15) is 49.2 Å². The number of nitrogens with one attached hydrogen (secondary N) is 1. The number of carbonyl (C=O) groups is 1. The molecule has 2 aromatic rings. The lowest BCUT2D eigenvalue weighted by Crippen LogP contribution is -2.44. The number of methoxy groups -OCH3 is 1. The molecule has 5 nitrogen and oxygen atoms in total. The maximum absolute atomic E-state index is 12.4. The highest BCUT2D eigenvalue weighted by Gasteiger charge is 2.29. The minimum absolute atomic E-state index is 0.00995. The normalized spacial score (nSPS) is 15.1. The van der Waals surface area contributed by atoms with Crippen molar-refractivity contribution in [1.82, 2.24) is 5.43 Å². The number of likely N-dealkylation sites (N-methyl/N-ethyl adjacent to an activating group) is 1. The number of hydrazone groups is 1. The fourth-order valence-electron chi connectivity index (χ4n) is 3.79. The lowest BCUT2D eigenvalue weighted by atomic mass is 9.88. The van der Waals surface area contributed by atoms with E-state index in [4.69, 9.17) is 4.74 Å². The predicted octanol–water partition coefficient (Wildman–Crippen LogP) is 5.09. The topological polar surface area (TPSA) is 53.9 Å². The first-order chi connectivity index (χ1) is 13.8. The number of halogens is 1. The summed E-state index contributed by atoms with van der Waals surface area (Å²) >= 11 is 2.17. The van der Waals surface area contributed by atoms with Crippen LogP contribution in [0, 0.1) is 3.57 Å². The summed E-state index contributed by atoms with van der Waals surface area (Å²) in [6.07, 6.45) is 3.97. The van der Waals surface area contributed by atoms with Crippen molar-refractivity contribution < 1.29 is 9.53 Å². The third-order valence-electron chi connectivity index (χ3n) is 5.11. The summed E-state index contributed by atoms with van der Waals surface area (Å²) in [5, 5.41) is 4.14. The van der Waals surface area contributed by atoms with Gasteiger partial charge in [0.1, 0.15) is 5.75 Å². The second-order valence-electron chi connectivity index (χ2n) is 7.55. The second-order valence-corrected chi connectivity index (χ2v) is 8.71. The Balaban J connectivity index is 1.77. The van der Waals surface area contributed by atoms with E-state index < -0.39 is 0 Å². The Bertz CT molecular complexity index is 996. The zero-order valence-corrected chi connectivity index (χ0v) is 19.6. The molecule has 0 aromatic heterocycles. The Morgan fingerprint density at radius 3 is 2.72 bits per heavy atom. The molecule has 29 heavy (non-hydrogen) atoms. The van der Waals surface area contributed by atoms with Crippen LogP contribution in [0.4, 0.5) is 5.69 Å². The number of ether oxygens (including phenoxy) is 1. The Hall–Kier alpha value is -2.35. The molecule has 0 atom stereocenters. The molecule has 1 heterocycles. The summed E-state index contributed by atoms with van der Waals surface area (Å²) in [6, 6.07) is 11.6. The van der Waals surface area contributed by atoms with Crippen LogP contribution in [0.25, 0.3) is 5.57 Å². The smallest absolute Gasteiger partial charge is 0.271 e. The molecule has 1 amide bonds. The first-order valence-corrected chi connectivity index (χ1v) is 10.6. The van der Waals surface area contributed by atoms with Gasteiger partial charge in [-0.05, 0) is 91.8 Å². The second kappa shape index (κ2) is 8.57. The molecule has 6 heteroatoms. The SMILES string of the molecule is CCN1c2ccc(/C=N\NC(=O)c3ccc(I)c(OC)c3)cc2C(C)=CC1(C)C. The molecule has 0 spiro atoms. The van der Waals surface area contributed by atoms with Crippen molar-refractivity contribution in [3.63, 3.8) is 0 Å². The average Bonchev–Trinajstić information content (AvgIpc) is 2.68. The van der Waals surface area contributed by atoms with Gasteiger partial charge < -0.3 is 9.64 Å². The Labute approximate surface area is 186 Å². The number of anilines is 1. The highest BCUT2D eigenvalue weighted by atomic mass is 127. The van der Waals surface area contributed by atoms with E-state index in [0.29, 0.717) is 11.3 Å². The molecule has 0 aliphatic carbocycles. The van der Waals surface area contributed by atoms with Crippen LogP contribution in [0.2, 0.25) is 0 Å². The van der Waals surface area contributed by atoms with Crippen LogP contribution in [-0.4, -0.2) is 31.3 Å². The standard InChI is InChI=1S/C23H26IN3O2/c1-6-27-20-10-7-16(11-18(20)15(2)13-23(27,3)4)14-25-26-22(28)17-8-9-19(24)21(12-17)29-5/h7-14H,6H2,1-5H3,(H,26,28)/b25-14-. The maximum atomic E-state index is 12.4. The summed E-state index contributed by atoms with van der Waals surface area (Å²) in [6.45, 7) is 9.71. The Morgan fingerprint density at radius 2 is 2.03 bits per heavy atom. The van der Waals surface area contributed by atoms with Gasteiger partial charge >= 0.3 is 0 Å². The highest BCUT2D eigenvalue weighted by molar-refractivity contribution is 14.1. The minimum Gasteiger partial charge on any atom is -0.496 e. The Morgan fingerprint density at radius 1 is 1.28 bits per heavy atom. The van der Waals surface area contributed by atoms with E-state index in [1.54, 1.807) is 25.5 Å². The predicted molar refractivity (Wildman–Crippen MR) is 128 cm³/mol. The number of hydrogen-bond donors (Lipinski definition) is 1. The molecule has 2 aromatic carbocycles. The number of nitrogens with zero attached hydrogens (tertiary/aromatic N) is 2. The van der Waals surface area contributed by atoms with E-state index in [0.717, 1.165) is 15.7 Å². The van der Waals surface area contributed by atoms with Crippen LogP contribution in [0.5, 0.6) is 5.75 Å². The number of carbonyl (C=O) groups excluding carboxylic acids is 1. The number of benzene rings is 2. The van der Waals surface area contributed by atoms with Gasteiger partial charge in [0.05, 0.1) is 22.4 Å². The average molecular weight is 503 g/mol. The summed E-state index contributed by atoms with van der Waals surface area (Å²) in [4.78, 5) is 14.7. The molecule has 0 saturated carbocycles. The van der Waals surface area contributed by atoms with E-state index in [1.165, 1.54) is 16.8 Å². The van der Waals surface area contributed by atoms with E-state index >= 15 is 0 Å². The number of rotatable bonds is 5. The van der Waals surface area contributed by atoms with Gasteiger partial charge in [-0.25, -0.2) is 5.43 Å². The van der Waals surface area contributed by atoms with E-state index in [9.17, 15) is 4.79 Å². The minimum atomic E-state index is -0.274. The molecule has 0 bridgehead atoms. The van der Waals surface area contributed by atoms with Crippen molar-refractivity contribution >= 4 is 46.0 Å². The number of allylic oxidation sites excluding steroid dienone is 1. The molecule has 1 N–H and O–H groups in total. The van der Waals surface area contributed by atoms with E-state index in [-0.39, 0.29) is 11.4 Å². The molecule has 0 saturated heterocycles. The van der Waals surface area contributed by atoms with Crippen LogP contribution in [-0.2, 0) is 0 Å². The third kappa shape index (κ3) is 4.47. The van der Waals surface area contributed by atoms with Gasteiger partial charge in [-0.1, -0.05) is 12.1 Å². The fraction of sp³-hybridized carbons (Fsp3) is 0.304. The largest absolute Gasteiger partial charge is 0.496 e. The van der Waals surface area contributed by atoms with Crippen molar-refractivity contribution in [2.45, 2.75) is 33.2 Å². The first kappa shape index (κ1) is 21.4. The van der Waals surface area contributed by atoms with Crippen molar-refractivity contribution in [3.05, 3.63) is 62.7 Å². The monoisotopic (exact) mass is 503 g/mol. The molecular weight excluding hydrogens is 477 g/mol. The number of hydrogen-bond acceptors (Lipinski definition) is 4. The van der Waals surface area contributed by atoms with Crippen LogP contribution in [0.15, 0.2) is 47.6 Å². The fourth-order valence-corrected chi connectivity index (χ4v) is 4.35. The van der Waals surface area contributed by atoms with Crippen molar-refractivity contribution in [2.75, 3.05) is 18.6 Å². The van der Waals surface area contributed by atoms with Crippen molar-refractivity contribution in [1.29, 1.82) is 0 Å². The lowest BCUT2D eigenvalue weighted by Gasteiger charge is -2.42. The lowest BCUT2D eigenvalue weighted by molar-refractivity contribution is 0.0954. The van der Waals surface area contributed by atoms with Crippen LogP contribution < -0.4 is 15.1 Å². The van der Waals surface area contributed by atoms with E-state index in [2.05, 4.69) is 83.9 Å². The van der Waals surface area contributed by atoms with Gasteiger partial charge in [-0.3, -0.25) is 4.79 Å². The van der Waals surface area contributed by atoms with E-state index in [1.807, 2.05) is 12.1 Å². The van der Waals surface area contributed by atoms with Gasteiger partial charge in [0.25, 0.3) is 5.91 Å². The molecule has 152 valence electrons. The molecule has 0 unspecified atom stereocenters. The number of fused-ring (bicyclic) bond motifs is 1. The van der Waals surface area contributed by atoms with Crippen molar-refractivity contribution in [2.24, 2.45) is 5.10 Å². The van der Waals surface area contributed by atoms with Gasteiger partial charge in [-0.15, -0.1) is 0 Å². The molecule has 1 aliphatic rings. The van der Waals surface area contributed by atoms with Gasteiger partial charge in [-0.2, -0.15) is 5.10 Å². The highest BCUT2D eigenvalue weighted by Crippen LogP contribution is 2.38. The van der Waals surface area contributed by atoms with Crippen LogP contribution >= 0.6 is 22.6 Å². The molecule has 0 radical (unpaired) electrons. The van der Waals surface area contributed by atoms with Crippen molar-refractivity contribution in [3.8, 4) is 5.75 Å². The zero-order valence-electron chi connectivity index (χ0n) is 17.4. The third-order valence-corrected chi connectivity index (χ3v) is 6.00. The summed E-state index contributed by atoms with van der Waals surface area (Å²) in [5.41, 5.74) is 7.70. The van der Waals surface area contributed by atoms with Crippen LogP contribution in [0.3, 0.4) is 0 Å². The van der Waals surface area contributed by atoms with Gasteiger partial charge in [0, 0.05) is 23.4 Å². The molecule has 3 rings (SSSR count). The summed E-state index contributed by atoms with van der Waals surface area (Å²) in [5.74, 6) is 0.395. The maximum Gasteiger partial charge on any atom is 0.271 e. The summed E-state index contributed by atoms with van der Waals surface area (Å²) in [7, 11) is 1.59. The Kier molecular flexibility index (Phi) is 6.31. The molecule has 1 aliphatic heterocycles. The number of amides is 1. The molecular formula is C23H26IN3O2. The quantitative estimate of drug-likeness (QED) is 0.352. The van der Waals surface area contributed by atoms with Gasteiger partial charge in [0.15, 0.2) is 0 Å². The first-order valence-electron chi connectivity index (χ1n) is 9.55. The van der Waals surface area contributed by atoms with Gasteiger partial charge in [0.2, 0.25) is 0 Å². The molecule has 0 fully saturated rings. The summed E-state index contributed by atoms with van der Waals surface area (Å²) < 4.78 is 6.22. The zero-order chi connectivity index (χ0) is 21.2.